The molecule has 0 aromatic heterocycles. The molecule has 0 aliphatic carbocycles. The lowest BCUT2D eigenvalue weighted by molar-refractivity contribution is 0.388. The van der Waals surface area contributed by atoms with Gasteiger partial charge in [0.2, 0.25) is 0 Å². The number of rotatable bonds is 5. The number of ether oxygens (including phenoxy) is 2. The van der Waals surface area contributed by atoms with E-state index in [9.17, 15) is 4.39 Å². The second-order valence-electron chi connectivity index (χ2n) is 6.70. The lowest BCUT2D eigenvalue weighted by atomic mass is 9.97. The summed E-state index contributed by atoms with van der Waals surface area (Å²) in [6, 6.07) is 19.6. The fourth-order valence-electron chi connectivity index (χ4n) is 3.49. The van der Waals surface area contributed by atoms with Crippen LogP contribution in [0.25, 0.3) is 0 Å². The fraction of sp³-hybridized carbons (Fsp3) is 0.174. The van der Waals surface area contributed by atoms with Crippen LogP contribution in [-0.2, 0) is 0 Å². The molecular weight excluding hydrogens is 391 g/mol. The van der Waals surface area contributed by atoms with Gasteiger partial charge in [0.25, 0.3) is 0 Å². The van der Waals surface area contributed by atoms with Gasteiger partial charge in [0.05, 0.1) is 31.7 Å². The number of anilines is 1. The van der Waals surface area contributed by atoms with E-state index in [-0.39, 0.29) is 11.9 Å². The molecule has 4 rings (SSSR count). The summed E-state index contributed by atoms with van der Waals surface area (Å²) >= 11 is 6.07. The van der Waals surface area contributed by atoms with Crippen molar-refractivity contribution in [3.8, 4) is 11.5 Å². The Balaban J connectivity index is 1.77. The Morgan fingerprint density at radius 2 is 1.69 bits per heavy atom. The van der Waals surface area contributed by atoms with Crippen molar-refractivity contribution in [1.82, 2.24) is 0 Å². The lowest BCUT2D eigenvalue weighted by Gasteiger charge is -2.25. The molecule has 0 spiro atoms. The zero-order valence-electron chi connectivity index (χ0n) is 16.1. The number of hydrogen-bond donors (Lipinski definition) is 0. The zero-order chi connectivity index (χ0) is 20.4. The van der Waals surface area contributed by atoms with Crippen molar-refractivity contribution in [2.75, 3.05) is 19.2 Å². The van der Waals surface area contributed by atoms with Crippen LogP contribution < -0.4 is 14.5 Å². The second-order valence-corrected chi connectivity index (χ2v) is 7.14. The lowest BCUT2D eigenvalue weighted by Crippen LogP contribution is -2.19. The van der Waals surface area contributed by atoms with E-state index in [1.165, 1.54) is 12.1 Å². The molecule has 0 radical (unpaired) electrons. The van der Waals surface area contributed by atoms with E-state index >= 15 is 0 Å². The Labute approximate surface area is 174 Å². The van der Waals surface area contributed by atoms with E-state index in [0.29, 0.717) is 11.4 Å². The first-order valence-electron chi connectivity index (χ1n) is 9.19. The monoisotopic (exact) mass is 410 g/mol. The summed E-state index contributed by atoms with van der Waals surface area (Å²) in [5, 5.41) is 7.48. The molecular formula is C23H20ClFN2O2. The maximum absolute atomic E-state index is 13.4. The summed E-state index contributed by atoms with van der Waals surface area (Å²) in [6.07, 6.45) is 0.650. The largest absolute Gasteiger partial charge is 0.497 e. The van der Waals surface area contributed by atoms with Crippen LogP contribution in [-0.4, -0.2) is 19.9 Å². The second kappa shape index (κ2) is 8.13. The van der Waals surface area contributed by atoms with Gasteiger partial charge in [0, 0.05) is 23.1 Å². The molecule has 0 saturated heterocycles. The van der Waals surface area contributed by atoms with E-state index in [2.05, 4.69) is 0 Å². The van der Waals surface area contributed by atoms with E-state index in [1.807, 2.05) is 47.5 Å². The van der Waals surface area contributed by atoms with Gasteiger partial charge in [-0.3, -0.25) is 5.01 Å². The van der Waals surface area contributed by atoms with Gasteiger partial charge in [-0.25, -0.2) is 4.39 Å². The summed E-state index contributed by atoms with van der Waals surface area (Å²) in [4.78, 5) is 0. The average Bonchev–Trinajstić information content (AvgIpc) is 3.19. The summed E-state index contributed by atoms with van der Waals surface area (Å²) in [6.45, 7) is 0. The molecule has 0 fully saturated rings. The Morgan fingerprint density at radius 3 is 2.34 bits per heavy atom. The van der Waals surface area contributed by atoms with Crippen molar-refractivity contribution < 1.29 is 13.9 Å². The van der Waals surface area contributed by atoms with Crippen LogP contribution in [0.1, 0.15) is 23.6 Å². The summed E-state index contributed by atoms with van der Waals surface area (Å²) < 4.78 is 24.3. The molecule has 6 heteroatoms. The highest BCUT2D eigenvalue weighted by molar-refractivity contribution is 6.30. The van der Waals surface area contributed by atoms with E-state index in [1.54, 1.807) is 26.4 Å². The highest BCUT2D eigenvalue weighted by Gasteiger charge is 2.32. The smallest absolute Gasteiger partial charge is 0.127 e. The number of benzene rings is 3. The zero-order valence-corrected chi connectivity index (χ0v) is 16.9. The molecule has 0 bridgehead atoms. The molecule has 1 aliphatic heterocycles. The van der Waals surface area contributed by atoms with Crippen LogP contribution in [0.5, 0.6) is 11.5 Å². The number of hydrogen-bond acceptors (Lipinski definition) is 4. The van der Waals surface area contributed by atoms with E-state index < -0.39 is 0 Å². The van der Waals surface area contributed by atoms with Crippen molar-refractivity contribution in [3.63, 3.8) is 0 Å². The molecule has 29 heavy (non-hydrogen) atoms. The van der Waals surface area contributed by atoms with E-state index in [4.69, 9.17) is 26.2 Å². The minimum absolute atomic E-state index is 0.0860. The average molecular weight is 411 g/mol. The maximum atomic E-state index is 13.4. The molecule has 1 heterocycles. The van der Waals surface area contributed by atoms with Gasteiger partial charge in [0.15, 0.2) is 0 Å². The molecule has 148 valence electrons. The molecule has 1 aliphatic rings. The first kappa shape index (κ1) is 19.3. The Bertz CT molecular complexity index is 1040. The number of nitrogens with zero attached hydrogens (tertiary/aromatic N) is 2. The van der Waals surface area contributed by atoms with Crippen LogP contribution in [0.3, 0.4) is 0 Å². The van der Waals surface area contributed by atoms with Gasteiger partial charge in [-0.2, -0.15) is 5.10 Å². The number of hydrazone groups is 1. The first-order valence-corrected chi connectivity index (χ1v) is 9.57. The maximum Gasteiger partial charge on any atom is 0.127 e. The highest BCUT2D eigenvalue weighted by Crippen LogP contribution is 2.41. The third-order valence-electron chi connectivity index (χ3n) is 4.98. The van der Waals surface area contributed by atoms with E-state index in [0.717, 1.165) is 34.0 Å². The van der Waals surface area contributed by atoms with Crippen molar-refractivity contribution in [2.24, 2.45) is 5.10 Å². The topological polar surface area (TPSA) is 34.1 Å². The van der Waals surface area contributed by atoms with Crippen molar-refractivity contribution in [2.45, 2.75) is 12.5 Å². The van der Waals surface area contributed by atoms with Gasteiger partial charge in [-0.05, 0) is 54.1 Å². The predicted octanol–water partition coefficient (Wildman–Crippen LogP) is 5.85. The van der Waals surface area contributed by atoms with Crippen LogP contribution in [0, 0.1) is 5.82 Å². The van der Waals surface area contributed by atoms with Gasteiger partial charge in [0.1, 0.15) is 17.3 Å². The molecule has 3 aromatic rings. The Morgan fingerprint density at radius 1 is 0.966 bits per heavy atom. The number of methoxy groups -OCH3 is 2. The van der Waals surface area contributed by atoms with Crippen molar-refractivity contribution in [3.05, 3.63) is 88.7 Å². The highest BCUT2D eigenvalue weighted by atomic mass is 35.5. The first-order chi connectivity index (χ1) is 14.1. The van der Waals surface area contributed by atoms with Crippen molar-refractivity contribution >= 4 is 23.0 Å². The van der Waals surface area contributed by atoms with Crippen LogP contribution in [0.2, 0.25) is 5.02 Å². The quantitative estimate of drug-likeness (QED) is 0.529. The van der Waals surface area contributed by atoms with Gasteiger partial charge < -0.3 is 9.47 Å². The molecule has 1 atom stereocenters. The standard InChI is InChI=1S/C23H20ClFN2O2/c1-28-19-11-12-20(23(13-19)29-2)22-14-21(15-3-7-17(25)8-4-15)26-27(22)18-9-5-16(24)6-10-18/h3-13,22H,14H2,1-2H3/t22-/m1/s1. The van der Waals surface area contributed by atoms with Crippen LogP contribution >= 0.6 is 11.6 Å². The summed E-state index contributed by atoms with van der Waals surface area (Å²) in [5.41, 5.74) is 3.67. The third-order valence-corrected chi connectivity index (χ3v) is 5.23. The number of halogens is 2. The Kier molecular flexibility index (Phi) is 5.41. The normalized spacial score (nSPS) is 15.9. The van der Waals surface area contributed by atoms with Gasteiger partial charge in [-0.1, -0.05) is 23.7 Å². The summed E-state index contributed by atoms with van der Waals surface area (Å²) in [7, 11) is 3.27. The van der Waals surface area contributed by atoms with Crippen LogP contribution in [0.4, 0.5) is 10.1 Å². The molecule has 0 N–H and O–H groups in total. The minimum atomic E-state index is -0.268. The van der Waals surface area contributed by atoms with Crippen LogP contribution in [0.15, 0.2) is 71.8 Å². The Hall–Kier alpha value is -3.05. The minimum Gasteiger partial charge on any atom is -0.497 e. The molecule has 4 nitrogen and oxygen atoms in total. The van der Waals surface area contributed by atoms with Gasteiger partial charge >= 0.3 is 0 Å². The third kappa shape index (κ3) is 3.91. The molecule has 0 saturated carbocycles. The summed E-state index contributed by atoms with van der Waals surface area (Å²) in [5.74, 6) is 1.18. The SMILES string of the molecule is COc1ccc([C@H]2CC(c3ccc(F)cc3)=NN2c2ccc(Cl)cc2)c(OC)c1. The molecule has 3 aromatic carbocycles. The molecule has 0 unspecified atom stereocenters. The molecule has 0 amide bonds. The predicted molar refractivity (Wildman–Crippen MR) is 114 cm³/mol. The van der Waals surface area contributed by atoms with Gasteiger partial charge in [-0.15, -0.1) is 0 Å². The van der Waals surface area contributed by atoms with Crippen molar-refractivity contribution in [1.29, 1.82) is 0 Å². The fourth-order valence-corrected chi connectivity index (χ4v) is 3.62.